The molecule has 108 valence electrons. The topological polar surface area (TPSA) is 75.4 Å². The van der Waals surface area contributed by atoms with Crippen LogP contribution in [0.25, 0.3) is 0 Å². The smallest absolute Gasteiger partial charge is 0.230 e. The van der Waals surface area contributed by atoms with Crippen molar-refractivity contribution in [1.29, 1.82) is 0 Å². The number of nitrogens with zero attached hydrogens (tertiary/aromatic N) is 1. The lowest BCUT2D eigenvalue weighted by atomic mass is 9.75. The van der Waals surface area contributed by atoms with Gasteiger partial charge in [-0.15, -0.1) is 0 Å². The zero-order valence-electron chi connectivity index (χ0n) is 12.2. The van der Waals surface area contributed by atoms with Crippen LogP contribution in [-0.2, 0) is 9.59 Å². The summed E-state index contributed by atoms with van der Waals surface area (Å²) >= 11 is 0. The van der Waals surface area contributed by atoms with Gasteiger partial charge in [-0.3, -0.25) is 9.59 Å². The molecule has 2 unspecified atom stereocenters. The Morgan fingerprint density at radius 1 is 1.32 bits per heavy atom. The van der Waals surface area contributed by atoms with Crippen molar-refractivity contribution in [3.05, 3.63) is 0 Å². The molecule has 0 spiro atoms. The number of hydrogen-bond acceptors (Lipinski definition) is 3. The lowest BCUT2D eigenvalue weighted by Crippen LogP contribution is -2.48. The van der Waals surface area contributed by atoms with Gasteiger partial charge in [-0.05, 0) is 32.2 Å². The summed E-state index contributed by atoms with van der Waals surface area (Å²) in [6.07, 6.45) is 1.56. The van der Waals surface area contributed by atoms with Gasteiger partial charge in [0, 0.05) is 19.6 Å². The summed E-state index contributed by atoms with van der Waals surface area (Å²) in [7, 11) is 0. The third-order valence-electron chi connectivity index (χ3n) is 5.07. The van der Waals surface area contributed by atoms with Crippen LogP contribution in [0.3, 0.4) is 0 Å². The van der Waals surface area contributed by atoms with Gasteiger partial charge in [0.15, 0.2) is 0 Å². The molecule has 5 heteroatoms. The van der Waals surface area contributed by atoms with E-state index in [0.29, 0.717) is 25.4 Å². The molecule has 2 aliphatic heterocycles. The van der Waals surface area contributed by atoms with E-state index in [1.807, 2.05) is 11.8 Å². The van der Waals surface area contributed by atoms with Gasteiger partial charge in [0.1, 0.15) is 0 Å². The van der Waals surface area contributed by atoms with Crippen molar-refractivity contribution in [2.24, 2.45) is 22.5 Å². The Labute approximate surface area is 114 Å². The normalized spacial score (nSPS) is 35.1. The molecule has 2 amide bonds. The Hall–Kier alpha value is -1.10. The van der Waals surface area contributed by atoms with Gasteiger partial charge in [0.2, 0.25) is 11.8 Å². The van der Waals surface area contributed by atoms with Crippen molar-refractivity contribution >= 4 is 11.8 Å². The standard InChI is InChI=1S/C14H25N3O2/c1-10(2)14(4-6-16-8-14)12(19)17-7-5-13(3,9-17)11(15)18/h10,16H,4-9H2,1-3H3,(H2,15,18). The Morgan fingerprint density at radius 2 is 2.00 bits per heavy atom. The number of carbonyl (C=O) groups is 2. The van der Waals surface area contributed by atoms with Gasteiger partial charge < -0.3 is 16.0 Å². The quantitative estimate of drug-likeness (QED) is 0.774. The van der Waals surface area contributed by atoms with Crippen LogP contribution >= 0.6 is 0 Å². The first-order chi connectivity index (χ1) is 8.82. The number of carbonyl (C=O) groups excluding carboxylic acids is 2. The maximum atomic E-state index is 12.9. The molecule has 2 atom stereocenters. The van der Waals surface area contributed by atoms with Crippen LogP contribution in [0.15, 0.2) is 0 Å². The first kappa shape index (κ1) is 14.3. The molecular formula is C14H25N3O2. The Kier molecular flexibility index (Phi) is 3.60. The summed E-state index contributed by atoms with van der Waals surface area (Å²) in [4.78, 5) is 26.2. The zero-order valence-corrected chi connectivity index (χ0v) is 12.2. The minimum absolute atomic E-state index is 0.192. The van der Waals surface area contributed by atoms with Crippen molar-refractivity contribution < 1.29 is 9.59 Å². The molecule has 2 heterocycles. The maximum absolute atomic E-state index is 12.9. The third-order valence-corrected chi connectivity index (χ3v) is 5.07. The predicted octanol–water partition coefficient (Wildman–Crippen LogP) is 0.346. The van der Waals surface area contributed by atoms with Gasteiger partial charge in [-0.2, -0.15) is 0 Å². The second-order valence-electron chi connectivity index (χ2n) is 6.64. The fourth-order valence-electron chi connectivity index (χ4n) is 3.28. The van der Waals surface area contributed by atoms with Gasteiger partial charge in [-0.1, -0.05) is 13.8 Å². The van der Waals surface area contributed by atoms with Gasteiger partial charge in [0.05, 0.1) is 10.8 Å². The summed E-state index contributed by atoms with van der Waals surface area (Å²) < 4.78 is 0. The summed E-state index contributed by atoms with van der Waals surface area (Å²) in [5, 5.41) is 3.30. The molecule has 0 saturated carbocycles. The van der Waals surface area contributed by atoms with Crippen molar-refractivity contribution in [3.8, 4) is 0 Å². The monoisotopic (exact) mass is 267 g/mol. The molecule has 2 saturated heterocycles. The third kappa shape index (κ3) is 2.24. The van der Waals surface area contributed by atoms with E-state index in [2.05, 4.69) is 19.2 Å². The van der Waals surface area contributed by atoms with E-state index >= 15 is 0 Å². The Balaban J connectivity index is 2.15. The summed E-state index contributed by atoms with van der Waals surface area (Å²) in [5.74, 6) is 0.193. The van der Waals surface area contributed by atoms with E-state index in [4.69, 9.17) is 5.73 Å². The number of hydrogen-bond donors (Lipinski definition) is 2. The minimum Gasteiger partial charge on any atom is -0.369 e. The van der Waals surface area contributed by atoms with Crippen LogP contribution in [0.5, 0.6) is 0 Å². The van der Waals surface area contributed by atoms with E-state index in [9.17, 15) is 9.59 Å². The first-order valence-electron chi connectivity index (χ1n) is 7.12. The minimum atomic E-state index is -0.556. The predicted molar refractivity (Wildman–Crippen MR) is 73.3 cm³/mol. The molecule has 0 aromatic heterocycles. The highest BCUT2D eigenvalue weighted by molar-refractivity contribution is 5.87. The van der Waals surface area contributed by atoms with Gasteiger partial charge in [-0.25, -0.2) is 0 Å². The van der Waals surface area contributed by atoms with E-state index in [1.165, 1.54) is 0 Å². The molecule has 2 fully saturated rings. The second kappa shape index (κ2) is 4.78. The highest BCUT2D eigenvalue weighted by Gasteiger charge is 2.49. The molecule has 0 aliphatic carbocycles. The lowest BCUT2D eigenvalue weighted by Gasteiger charge is -2.35. The highest BCUT2D eigenvalue weighted by atomic mass is 16.2. The average Bonchev–Trinajstić information content (AvgIpc) is 2.96. The number of nitrogens with one attached hydrogen (secondary N) is 1. The number of nitrogens with two attached hydrogens (primary N) is 1. The van der Waals surface area contributed by atoms with Crippen LogP contribution in [0.1, 0.15) is 33.6 Å². The van der Waals surface area contributed by atoms with E-state index in [1.54, 1.807) is 0 Å². The summed E-state index contributed by atoms with van der Waals surface area (Å²) in [6.45, 7) is 8.82. The lowest BCUT2D eigenvalue weighted by molar-refractivity contribution is -0.143. The molecular weight excluding hydrogens is 242 g/mol. The van der Waals surface area contributed by atoms with Crippen LogP contribution in [0.2, 0.25) is 0 Å². The number of primary amides is 1. The summed E-state index contributed by atoms with van der Waals surface area (Å²) in [6, 6.07) is 0. The van der Waals surface area contributed by atoms with Gasteiger partial charge in [0.25, 0.3) is 0 Å². The SMILES string of the molecule is CC(C)C1(C(=O)N2CCC(C)(C(N)=O)C2)CCNC1. The molecule has 19 heavy (non-hydrogen) atoms. The Morgan fingerprint density at radius 3 is 2.42 bits per heavy atom. The highest BCUT2D eigenvalue weighted by Crippen LogP contribution is 2.39. The maximum Gasteiger partial charge on any atom is 0.230 e. The average molecular weight is 267 g/mol. The molecule has 2 rings (SSSR count). The van der Waals surface area contributed by atoms with E-state index in [-0.39, 0.29) is 17.2 Å². The molecule has 0 aromatic carbocycles. The van der Waals surface area contributed by atoms with Crippen molar-refractivity contribution in [2.45, 2.75) is 33.6 Å². The number of likely N-dealkylation sites (tertiary alicyclic amines) is 1. The summed E-state index contributed by atoms with van der Waals surface area (Å²) in [5.41, 5.74) is 4.59. The molecule has 5 nitrogen and oxygen atoms in total. The Bertz CT molecular complexity index is 388. The van der Waals surface area contributed by atoms with Crippen LogP contribution in [0, 0.1) is 16.7 Å². The van der Waals surface area contributed by atoms with Crippen LogP contribution < -0.4 is 11.1 Å². The molecule has 2 aliphatic rings. The van der Waals surface area contributed by atoms with E-state index < -0.39 is 5.41 Å². The molecule has 0 radical (unpaired) electrons. The largest absolute Gasteiger partial charge is 0.369 e. The van der Waals surface area contributed by atoms with Crippen molar-refractivity contribution in [3.63, 3.8) is 0 Å². The molecule has 3 N–H and O–H groups in total. The molecule has 0 aromatic rings. The van der Waals surface area contributed by atoms with Crippen molar-refractivity contribution in [2.75, 3.05) is 26.2 Å². The second-order valence-corrected chi connectivity index (χ2v) is 6.64. The fraction of sp³-hybridized carbons (Fsp3) is 0.857. The van der Waals surface area contributed by atoms with Crippen LogP contribution in [-0.4, -0.2) is 42.9 Å². The fourth-order valence-corrected chi connectivity index (χ4v) is 3.28. The van der Waals surface area contributed by atoms with E-state index in [0.717, 1.165) is 19.5 Å². The molecule has 0 bridgehead atoms. The first-order valence-corrected chi connectivity index (χ1v) is 7.12. The van der Waals surface area contributed by atoms with Gasteiger partial charge >= 0.3 is 0 Å². The number of rotatable bonds is 3. The van der Waals surface area contributed by atoms with Crippen molar-refractivity contribution in [1.82, 2.24) is 10.2 Å². The zero-order chi connectivity index (χ0) is 14.3. The number of amides is 2. The van der Waals surface area contributed by atoms with Crippen LogP contribution in [0.4, 0.5) is 0 Å².